The van der Waals surface area contributed by atoms with Gasteiger partial charge in [-0.3, -0.25) is 14.5 Å². The topological polar surface area (TPSA) is 79.4 Å². The Morgan fingerprint density at radius 3 is 2.57 bits per heavy atom. The van der Waals surface area contributed by atoms with Crippen molar-refractivity contribution in [3.63, 3.8) is 0 Å². The molecule has 1 aromatic carbocycles. The molecular formula is C22H31N3O5. The smallest absolute Gasteiger partial charge is 0.410 e. The Morgan fingerprint density at radius 1 is 1.07 bits per heavy atom. The van der Waals surface area contributed by atoms with Gasteiger partial charge in [0.2, 0.25) is 5.91 Å². The molecule has 2 aliphatic rings. The van der Waals surface area contributed by atoms with Gasteiger partial charge in [0.15, 0.2) is 0 Å². The molecular weight excluding hydrogens is 386 g/mol. The van der Waals surface area contributed by atoms with Crippen molar-refractivity contribution in [3.8, 4) is 0 Å². The first-order valence-corrected chi connectivity index (χ1v) is 10.5. The summed E-state index contributed by atoms with van der Waals surface area (Å²) in [5.74, 6) is -0.429. The molecule has 0 unspecified atom stereocenters. The van der Waals surface area contributed by atoms with Crippen LogP contribution in [-0.2, 0) is 25.7 Å². The van der Waals surface area contributed by atoms with Crippen LogP contribution in [-0.4, -0.2) is 84.6 Å². The van der Waals surface area contributed by atoms with Gasteiger partial charge in [-0.1, -0.05) is 30.3 Å². The first kappa shape index (κ1) is 22.1. The van der Waals surface area contributed by atoms with E-state index in [1.54, 1.807) is 16.7 Å². The number of carbonyl (C=O) groups is 3. The standard InChI is InChI=1S/C22H31N3O5/c1-3-29-20(27)15-24-12-11-22(10-9-19(24)26)17-25(14-13-23(22)2)21(28)30-16-18-7-5-4-6-8-18/h4-8H,3,9-17H2,1-2H3/t22-/m1/s1. The Labute approximate surface area is 177 Å². The van der Waals surface area contributed by atoms with Crippen LogP contribution in [0.3, 0.4) is 0 Å². The average Bonchev–Trinajstić information content (AvgIpc) is 2.90. The summed E-state index contributed by atoms with van der Waals surface area (Å²) < 4.78 is 10.5. The summed E-state index contributed by atoms with van der Waals surface area (Å²) in [5.41, 5.74) is 0.646. The number of piperazine rings is 1. The normalized spacial score (nSPS) is 22.7. The molecule has 1 spiro atoms. The second kappa shape index (κ2) is 9.93. The largest absolute Gasteiger partial charge is 0.465 e. The van der Waals surface area contributed by atoms with E-state index in [1.807, 2.05) is 37.4 Å². The second-order valence-corrected chi connectivity index (χ2v) is 7.98. The summed E-state index contributed by atoms with van der Waals surface area (Å²) in [6.07, 6.45) is 1.35. The highest BCUT2D eigenvalue weighted by Crippen LogP contribution is 2.32. The van der Waals surface area contributed by atoms with E-state index in [2.05, 4.69) is 4.90 Å². The number of amides is 2. The van der Waals surface area contributed by atoms with Gasteiger partial charge in [0.1, 0.15) is 13.2 Å². The molecule has 2 saturated heterocycles. The maximum atomic E-state index is 12.7. The predicted molar refractivity (Wildman–Crippen MR) is 111 cm³/mol. The number of nitrogens with zero attached hydrogens (tertiary/aromatic N) is 3. The summed E-state index contributed by atoms with van der Waals surface area (Å²) in [6.45, 7) is 4.55. The van der Waals surface area contributed by atoms with Gasteiger partial charge in [-0.15, -0.1) is 0 Å². The van der Waals surface area contributed by atoms with Crippen molar-refractivity contribution in [1.82, 2.24) is 14.7 Å². The van der Waals surface area contributed by atoms with Gasteiger partial charge in [-0.05, 0) is 32.4 Å². The lowest BCUT2D eigenvalue weighted by Crippen LogP contribution is -2.62. The van der Waals surface area contributed by atoms with Gasteiger partial charge in [0, 0.05) is 38.1 Å². The van der Waals surface area contributed by atoms with Crippen molar-refractivity contribution in [1.29, 1.82) is 0 Å². The zero-order valence-electron chi connectivity index (χ0n) is 17.8. The Bertz CT molecular complexity index is 756. The number of esters is 1. The maximum Gasteiger partial charge on any atom is 0.410 e. The SMILES string of the molecule is CCOC(=O)CN1CC[C@]2(CCC1=O)CN(C(=O)OCc1ccccc1)CCN2C. The molecule has 164 valence electrons. The molecule has 3 rings (SSSR count). The van der Waals surface area contributed by atoms with E-state index < -0.39 is 0 Å². The number of likely N-dealkylation sites (tertiary alicyclic amines) is 1. The minimum Gasteiger partial charge on any atom is -0.465 e. The van der Waals surface area contributed by atoms with E-state index in [1.165, 1.54) is 0 Å². The van der Waals surface area contributed by atoms with E-state index in [0.29, 0.717) is 52.0 Å². The summed E-state index contributed by atoms with van der Waals surface area (Å²) in [6, 6.07) is 9.60. The van der Waals surface area contributed by atoms with Crippen LogP contribution in [0.4, 0.5) is 4.79 Å². The molecule has 8 heteroatoms. The molecule has 0 bridgehead atoms. The van der Waals surface area contributed by atoms with Gasteiger partial charge in [-0.25, -0.2) is 4.79 Å². The number of rotatable bonds is 5. The van der Waals surface area contributed by atoms with Crippen LogP contribution in [0.5, 0.6) is 0 Å². The zero-order chi connectivity index (χ0) is 21.6. The Hall–Kier alpha value is -2.61. The first-order valence-electron chi connectivity index (χ1n) is 10.5. The lowest BCUT2D eigenvalue weighted by atomic mass is 9.86. The van der Waals surface area contributed by atoms with Gasteiger partial charge >= 0.3 is 12.1 Å². The summed E-state index contributed by atoms with van der Waals surface area (Å²) >= 11 is 0. The molecule has 1 aromatic rings. The fourth-order valence-electron chi connectivity index (χ4n) is 4.19. The predicted octanol–water partition coefficient (Wildman–Crippen LogP) is 1.88. The molecule has 0 N–H and O–H groups in total. The van der Waals surface area contributed by atoms with Crippen molar-refractivity contribution in [3.05, 3.63) is 35.9 Å². The second-order valence-electron chi connectivity index (χ2n) is 7.98. The number of likely N-dealkylation sites (N-methyl/N-ethyl adjacent to an activating group) is 1. The number of hydrogen-bond acceptors (Lipinski definition) is 6. The lowest BCUT2D eigenvalue weighted by Gasteiger charge is -2.48. The molecule has 0 radical (unpaired) electrons. The molecule has 8 nitrogen and oxygen atoms in total. The van der Waals surface area contributed by atoms with E-state index >= 15 is 0 Å². The summed E-state index contributed by atoms with van der Waals surface area (Å²) in [7, 11) is 2.04. The third-order valence-corrected chi connectivity index (χ3v) is 6.09. The molecule has 2 heterocycles. The highest BCUT2D eigenvalue weighted by Gasteiger charge is 2.44. The van der Waals surface area contributed by atoms with Crippen molar-refractivity contribution in [2.75, 3.05) is 46.4 Å². The molecule has 2 fully saturated rings. The highest BCUT2D eigenvalue weighted by molar-refractivity contribution is 5.82. The van der Waals surface area contributed by atoms with Gasteiger partial charge < -0.3 is 19.3 Å². The van der Waals surface area contributed by atoms with Crippen LogP contribution < -0.4 is 0 Å². The van der Waals surface area contributed by atoms with Crippen LogP contribution in [0.25, 0.3) is 0 Å². The van der Waals surface area contributed by atoms with E-state index in [4.69, 9.17) is 9.47 Å². The van der Waals surface area contributed by atoms with Gasteiger partial charge in [-0.2, -0.15) is 0 Å². The zero-order valence-corrected chi connectivity index (χ0v) is 17.8. The summed E-state index contributed by atoms with van der Waals surface area (Å²) in [5, 5.41) is 0. The van der Waals surface area contributed by atoms with Crippen molar-refractivity contribution in [2.24, 2.45) is 0 Å². The van der Waals surface area contributed by atoms with E-state index in [-0.39, 0.29) is 36.7 Å². The minimum atomic E-state index is -0.384. The maximum absolute atomic E-state index is 12.7. The van der Waals surface area contributed by atoms with E-state index in [0.717, 1.165) is 5.56 Å². The fourth-order valence-corrected chi connectivity index (χ4v) is 4.19. The van der Waals surface area contributed by atoms with Gasteiger partial charge in [0.05, 0.1) is 6.61 Å². The van der Waals surface area contributed by atoms with Crippen LogP contribution in [0.15, 0.2) is 30.3 Å². The third-order valence-electron chi connectivity index (χ3n) is 6.09. The van der Waals surface area contributed by atoms with Gasteiger partial charge in [0.25, 0.3) is 0 Å². The third kappa shape index (κ3) is 5.30. The fraction of sp³-hybridized carbons (Fsp3) is 0.591. The quantitative estimate of drug-likeness (QED) is 0.681. The molecule has 2 aliphatic heterocycles. The van der Waals surface area contributed by atoms with Crippen LogP contribution >= 0.6 is 0 Å². The summed E-state index contributed by atoms with van der Waals surface area (Å²) in [4.78, 5) is 42.6. The minimum absolute atomic E-state index is 0.0186. The molecule has 0 aliphatic carbocycles. The van der Waals surface area contributed by atoms with Crippen molar-refractivity contribution in [2.45, 2.75) is 38.3 Å². The number of benzene rings is 1. The molecule has 30 heavy (non-hydrogen) atoms. The Morgan fingerprint density at radius 2 is 1.83 bits per heavy atom. The molecule has 0 saturated carbocycles. The van der Waals surface area contributed by atoms with E-state index in [9.17, 15) is 14.4 Å². The number of ether oxygens (including phenoxy) is 2. The lowest BCUT2D eigenvalue weighted by molar-refractivity contribution is -0.148. The van der Waals surface area contributed by atoms with Crippen LogP contribution in [0, 0.1) is 0 Å². The molecule has 0 aromatic heterocycles. The highest BCUT2D eigenvalue weighted by atomic mass is 16.6. The van der Waals surface area contributed by atoms with Crippen molar-refractivity contribution >= 4 is 18.0 Å². The van der Waals surface area contributed by atoms with Crippen LogP contribution in [0.2, 0.25) is 0 Å². The Balaban J connectivity index is 1.61. The average molecular weight is 418 g/mol. The Kier molecular flexibility index (Phi) is 7.31. The first-order chi connectivity index (χ1) is 14.4. The monoisotopic (exact) mass is 417 g/mol. The molecule has 2 amide bonds. The molecule has 1 atom stereocenters. The van der Waals surface area contributed by atoms with Crippen molar-refractivity contribution < 1.29 is 23.9 Å². The number of hydrogen-bond donors (Lipinski definition) is 0. The van der Waals surface area contributed by atoms with Crippen LogP contribution in [0.1, 0.15) is 31.7 Å². The number of carbonyl (C=O) groups excluding carboxylic acids is 3.